The summed E-state index contributed by atoms with van der Waals surface area (Å²) < 4.78 is 0.992. The molecule has 2 rings (SSSR count). The third-order valence-corrected chi connectivity index (χ3v) is 3.76. The molecule has 3 amide bonds. The molecule has 1 N–H and O–H groups in total. The number of urea groups is 1. The number of allylic oxidation sites excluding steroid dienone is 4. The zero-order valence-electron chi connectivity index (χ0n) is 14.4. The molecule has 0 bridgehead atoms. The van der Waals surface area contributed by atoms with Crippen LogP contribution in [0.5, 0.6) is 0 Å². The first kappa shape index (κ1) is 18.1. The van der Waals surface area contributed by atoms with Gasteiger partial charge in [0.05, 0.1) is 16.8 Å². The SMILES string of the molecule is CC1=NC(=O)N(C)C(=O)C1=CC=CC=Cc1c(C)[nH]c(=O)n(C)c1=O. The molecule has 0 aromatic carbocycles. The molecule has 1 aromatic heterocycles. The Morgan fingerprint density at radius 2 is 1.68 bits per heavy atom. The van der Waals surface area contributed by atoms with Gasteiger partial charge in [-0.25, -0.2) is 9.59 Å². The topological polar surface area (TPSA) is 105 Å². The van der Waals surface area contributed by atoms with Crippen molar-refractivity contribution in [3.05, 3.63) is 62.0 Å². The van der Waals surface area contributed by atoms with Crippen LogP contribution >= 0.6 is 0 Å². The zero-order chi connectivity index (χ0) is 18.7. The molecular formula is C17H18N4O4. The highest BCUT2D eigenvalue weighted by Gasteiger charge is 2.26. The minimum atomic E-state index is -0.590. The molecule has 0 saturated heterocycles. The van der Waals surface area contributed by atoms with Crippen LogP contribution in [0.3, 0.4) is 0 Å². The van der Waals surface area contributed by atoms with Gasteiger partial charge in [0, 0.05) is 19.8 Å². The molecule has 0 fully saturated rings. The number of hydrogen-bond acceptors (Lipinski definition) is 4. The van der Waals surface area contributed by atoms with Gasteiger partial charge in [0.25, 0.3) is 11.5 Å². The normalized spacial score (nSPS) is 17.2. The van der Waals surface area contributed by atoms with E-state index < -0.39 is 23.2 Å². The minimum Gasteiger partial charge on any atom is -0.311 e. The number of aliphatic imine (C=N–C) groups is 1. The molecule has 25 heavy (non-hydrogen) atoms. The first-order chi connectivity index (χ1) is 11.7. The number of nitrogens with zero attached hydrogens (tertiary/aromatic N) is 3. The average molecular weight is 342 g/mol. The third-order valence-electron chi connectivity index (χ3n) is 3.76. The molecule has 0 aliphatic carbocycles. The lowest BCUT2D eigenvalue weighted by molar-refractivity contribution is -0.122. The molecule has 2 heterocycles. The van der Waals surface area contributed by atoms with Gasteiger partial charge >= 0.3 is 11.7 Å². The predicted octanol–water partition coefficient (Wildman–Crippen LogP) is 0.931. The van der Waals surface area contributed by atoms with Gasteiger partial charge in [0.1, 0.15) is 0 Å². The summed E-state index contributed by atoms with van der Waals surface area (Å²) in [4.78, 5) is 54.2. The lowest BCUT2D eigenvalue weighted by Gasteiger charge is -2.19. The maximum atomic E-state index is 12.0. The number of likely N-dealkylation sites (N-methyl/N-ethyl adjacent to an activating group) is 1. The Hall–Kier alpha value is -3.29. The molecule has 0 unspecified atom stereocenters. The van der Waals surface area contributed by atoms with Crippen LogP contribution in [0.4, 0.5) is 4.79 Å². The van der Waals surface area contributed by atoms with Gasteiger partial charge < -0.3 is 4.98 Å². The van der Waals surface area contributed by atoms with E-state index in [0.717, 1.165) is 9.47 Å². The first-order valence-electron chi connectivity index (χ1n) is 7.46. The number of H-pyrrole nitrogens is 1. The van der Waals surface area contributed by atoms with Crippen LogP contribution < -0.4 is 11.2 Å². The highest BCUT2D eigenvalue weighted by molar-refractivity contribution is 6.28. The molecule has 1 aliphatic heterocycles. The lowest BCUT2D eigenvalue weighted by atomic mass is 10.1. The Kier molecular flexibility index (Phi) is 5.11. The molecule has 0 atom stereocenters. The quantitative estimate of drug-likeness (QED) is 0.651. The van der Waals surface area contributed by atoms with E-state index in [1.54, 1.807) is 44.2 Å². The second kappa shape index (κ2) is 7.08. The van der Waals surface area contributed by atoms with Crippen molar-refractivity contribution in [1.29, 1.82) is 0 Å². The molecule has 0 spiro atoms. The number of carbonyl (C=O) groups excluding carboxylic acids is 2. The monoisotopic (exact) mass is 342 g/mol. The molecule has 1 aliphatic rings. The van der Waals surface area contributed by atoms with Crippen molar-refractivity contribution in [2.45, 2.75) is 13.8 Å². The summed E-state index contributed by atoms with van der Waals surface area (Å²) in [5.41, 5.74) is 0.659. The average Bonchev–Trinajstić information content (AvgIpc) is 2.55. The predicted molar refractivity (Wildman–Crippen MR) is 94.6 cm³/mol. The van der Waals surface area contributed by atoms with Crippen molar-refractivity contribution < 1.29 is 9.59 Å². The van der Waals surface area contributed by atoms with Crippen molar-refractivity contribution in [3.63, 3.8) is 0 Å². The molecule has 130 valence electrons. The summed E-state index contributed by atoms with van der Waals surface area (Å²) in [6, 6.07) is -0.590. The van der Waals surface area contributed by atoms with E-state index in [2.05, 4.69) is 9.98 Å². The van der Waals surface area contributed by atoms with Crippen LogP contribution in [0, 0.1) is 6.92 Å². The summed E-state index contributed by atoms with van der Waals surface area (Å²) in [5, 5.41) is 0. The van der Waals surface area contributed by atoms with Crippen LogP contribution in [-0.2, 0) is 11.8 Å². The minimum absolute atomic E-state index is 0.322. The smallest absolute Gasteiger partial charge is 0.311 e. The number of hydrogen-bond donors (Lipinski definition) is 1. The summed E-state index contributed by atoms with van der Waals surface area (Å²) in [6.45, 7) is 3.23. The standard InChI is InChI=1S/C17H18N4O4/c1-10-12(14(22)20(3)16(24)18-10)8-6-5-7-9-13-11(2)19-17(25)21(4)15(13)23/h5-9H,1-4H3,(H,18,24). The maximum Gasteiger partial charge on any atom is 0.350 e. The number of amides is 3. The number of nitrogens with one attached hydrogen (secondary N) is 1. The van der Waals surface area contributed by atoms with E-state index in [9.17, 15) is 19.2 Å². The van der Waals surface area contributed by atoms with Gasteiger partial charge in [-0.05, 0) is 26.0 Å². The van der Waals surface area contributed by atoms with Crippen LogP contribution in [0.1, 0.15) is 18.2 Å². The Bertz CT molecular complexity index is 973. The van der Waals surface area contributed by atoms with Crippen molar-refractivity contribution in [1.82, 2.24) is 14.5 Å². The highest BCUT2D eigenvalue weighted by Crippen LogP contribution is 2.12. The Balaban J connectivity index is 2.24. The Morgan fingerprint density at radius 3 is 2.36 bits per heavy atom. The number of aromatic amines is 1. The van der Waals surface area contributed by atoms with Gasteiger partial charge in [-0.15, -0.1) is 0 Å². The Labute approximate surface area is 143 Å². The van der Waals surface area contributed by atoms with E-state index in [4.69, 9.17) is 0 Å². The van der Waals surface area contributed by atoms with E-state index in [1.165, 1.54) is 14.1 Å². The van der Waals surface area contributed by atoms with Gasteiger partial charge in [0.15, 0.2) is 0 Å². The number of rotatable bonds is 3. The highest BCUT2D eigenvalue weighted by atomic mass is 16.2. The van der Waals surface area contributed by atoms with E-state index in [-0.39, 0.29) is 0 Å². The van der Waals surface area contributed by atoms with Crippen LogP contribution in [-0.4, -0.2) is 39.1 Å². The lowest BCUT2D eigenvalue weighted by Crippen LogP contribution is -2.38. The number of imide groups is 1. The van der Waals surface area contributed by atoms with E-state index in [0.29, 0.717) is 22.5 Å². The maximum absolute atomic E-state index is 12.0. The van der Waals surface area contributed by atoms with Crippen molar-refractivity contribution in [2.75, 3.05) is 7.05 Å². The number of aryl methyl sites for hydroxylation is 1. The first-order valence-corrected chi connectivity index (χ1v) is 7.46. The summed E-state index contributed by atoms with van der Waals surface area (Å²) in [6.07, 6.45) is 7.98. The van der Waals surface area contributed by atoms with Crippen LogP contribution in [0.15, 0.2) is 44.5 Å². The van der Waals surface area contributed by atoms with Gasteiger partial charge in [0.2, 0.25) is 0 Å². The molecule has 0 radical (unpaired) electrons. The van der Waals surface area contributed by atoms with Crippen molar-refractivity contribution in [2.24, 2.45) is 12.0 Å². The van der Waals surface area contributed by atoms with Crippen molar-refractivity contribution in [3.8, 4) is 0 Å². The molecular weight excluding hydrogens is 324 g/mol. The fraction of sp³-hybridized carbons (Fsp3) is 0.235. The fourth-order valence-electron chi connectivity index (χ4n) is 2.20. The second-order valence-corrected chi connectivity index (χ2v) is 5.50. The summed E-state index contributed by atoms with van der Waals surface area (Å²) in [5.74, 6) is -0.420. The molecule has 1 aromatic rings. The van der Waals surface area contributed by atoms with Gasteiger partial charge in [-0.2, -0.15) is 4.99 Å². The van der Waals surface area contributed by atoms with Crippen molar-refractivity contribution >= 4 is 23.7 Å². The third kappa shape index (κ3) is 3.63. The Morgan fingerprint density at radius 1 is 1.00 bits per heavy atom. The second-order valence-electron chi connectivity index (χ2n) is 5.50. The zero-order valence-corrected chi connectivity index (χ0v) is 14.4. The van der Waals surface area contributed by atoms with Crippen LogP contribution in [0.2, 0.25) is 0 Å². The van der Waals surface area contributed by atoms with E-state index in [1.807, 2.05) is 0 Å². The molecule has 0 saturated carbocycles. The van der Waals surface area contributed by atoms with E-state index >= 15 is 0 Å². The summed E-state index contributed by atoms with van der Waals surface area (Å²) >= 11 is 0. The van der Waals surface area contributed by atoms with Gasteiger partial charge in [-0.3, -0.25) is 19.1 Å². The molecule has 8 nitrogen and oxygen atoms in total. The fourth-order valence-corrected chi connectivity index (χ4v) is 2.20. The largest absolute Gasteiger partial charge is 0.350 e. The van der Waals surface area contributed by atoms with Crippen LogP contribution in [0.25, 0.3) is 6.08 Å². The van der Waals surface area contributed by atoms with Gasteiger partial charge in [-0.1, -0.05) is 18.2 Å². The molecule has 8 heteroatoms. The number of carbonyl (C=O) groups is 2. The summed E-state index contributed by atoms with van der Waals surface area (Å²) in [7, 11) is 2.76. The number of aromatic nitrogens is 2.